The number of aromatic hydroxyl groups is 1. The minimum Gasteiger partial charge on any atom is -0.504 e. The van der Waals surface area contributed by atoms with E-state index in [4.69, 9.17) is 15.3 Å². The van der Waals surface area contributed by atoms with E-state index in [1.54, 1.807) is 12.1 Å². The fourth-order valence-corrected chi connectivity index (χ4v) is 1.66. The van der Waals surface area contributed by atoms with Gasteiger partial charge in [0.15, 0.2) is 11.5 Å². The number of nitrogens with zero attached hydrogens (tertiary/aromatic N) is 2. The quantitative estimate of drug-likeness (QED) is 0.669. The second-order valence-corrected chi connectivity index (χ2v) is 3.88. The minimum absolute atomic E-state index is 0.0194. The Labute approximate surface area is 107 Å². The summed E-state index contributed by atoms with van der Waals surface area (Å²) in [6, 6.07) is 8.27. The van der Waals surface area contributed by atoms with Crippen molar-refractivity contribution >= 4 is 26.2 Å². The third-order valence-corrected chi connectivity index (χ3v) is 3.04. The average Bonchev–Trinajstić information content (AvgIpc) is 2.31. The van der Waals surface area contributed by atoms with E-state index in [2.05, 4.69) is 0 Å². The molecule has 4 nitrogen and oxygen atoms in total. The molecule has 0 atom stereocenters. The summed E-state index contributed by atoms with van der Waals surface area (Å²) in [6.07, 6.45) is 0. The van der Waals surface area contributed by atoms with Gasteiger partial charge in [-0.15, -0.1) is 0 Å². The summed E-state index contributed by atoms with van der Waals surface area (Å²) in [7, 11) is 1.44. The van der Waals surface area contributed by atoms with Gasteiger partial charge in [0.05, 0.1) is 7.11 Å². The SMILES string of the molecule is COc1cc(C(I)=C(C#N)C#N)ccc1O. The van der Waals surface area contributed by atoms with E-state index in [1.807, 2.05) is 34.7 Å². The lowest BCUT2D eigenvalue weighted by Crippen LogP contribution is -1.87. The maximum Gasteiger partial charge on any atom is 0.161 e. The number of phenols is 1. The van der Waals surface area contributed by atoms with Crippen LogP contribution in [-0.2, 0) is 0 Å². The van der Waals surface area contributed by atoms with E-state index in [0.717, 1.165) is 0 Å². The van der Waals surface area contributed by atoms with Gasteiger partial charge in [0.2, 0.25) is 0 Å². The van der Waals surface area contributed by atoms with E-state index in [-0.39, 0.29) is 11.3 Å². The highest BCUT2D eigenvalue weighted by atomic mass is 127. The zero-order valence-electron chi connectivity index (χ0n) is 8.36. The summed E-state index contributed by atoms with van der Waals surface area (Å²) < 4.78 is 5.47. The topological polar surface area (TPSA) is 77.0 Å². The predicted octanol–water partition coefficient (Wildman–Crippen LogP) is 2.59. The van der Waals surface area contributed by atoms with Crippen molar-refractivity contribution < 1.29 is 9.84 Å². The van der Waals surface area contributed by atoms with Crippen molar-refractivity contribution in [2.24, 2.45) is 0 Å². The molecule has 0 saturated heterocycles. The fourth-order valence-electron chi connectivity index (χ4n) is 1.08. The predicted molar refractivity (Wildman–Crippen MR) is 66.8 cm³/mol. The second kappa shape index (κ2) is 5.38. The Morgan fingerprint density at radius 2 is 2.00 bits per heavy atom. The summed E-state index contributed by atoms with van der Waals surface area (Å²) in [4.78, 5) is 0. The molecule has 0 bridgehead atoms. The lowest BCUT2D eigenvalue weighted by atomic mass is 10.1. The van der Waals surface area contributed by atoms with E-state index < -0.39 is 0 Å². The van der Waals surface area contributed by atoms with E-state index >= 15 is 0 Å². The Morgan fingerprint density at radius 3 is 2.50 bits per heavy atom. The van der Waals surface area contributed by atoms with Crippen LogP contribution in [-0.4, -0.2) is 12.2 Å². The number of nitriles is 2. The van der Waals surface area contributed by atoms with Gasteiger partial charge in [-0.05, 0) is 46.4 Å². The smallest absolute Gasteiger partial charge is 0.161 e. The molecule has 0 fully saturated rings. The lowest BCUT2D eigenvalue weighted by Gasteiger charge is -2.05. The molecule has 1 aromatic rings. The maximum atomic E-state index is 9.40. The van der Waals surface area contributed by atoms with Gasteiger partial charge in [-0.2, -0.15) is 10.5 Å². The first-order valence-electron chi connectivity index (χ1n) is 4.21. The van der Waals surface area contributed by atoms with Gasteiger partial charge in [-0.3, -0.25) is 0 Å². The van der Waals surface area contributed by atoms with Gasteiger partial charge in [0, 0.05) is 3.58 Å². The van der Waals surface area contributed by atoms with Crippen LogP contribution in [0, 0.1) is 22.7 Å². The van der Waals surface area contributed by atoms with Crippen LogP contribution in [0.4, 0.5) is 0 Å². The van der Waals surface area contributed by atoms with Crippen molar-refractivity contribution in [1.29, 1.82) is 10.5 Å². The summed E-state index contributed by atoms with van der Waals surface area (Å²) in [5.74, 6) is 0.327. The first-order valence-corrected chi connectivity index (χ1v) is 5.29. The molecule has 5 heteroatoms. The Bertz CT molecular complexity index is 508. The average molecular weight is 326 g/mol. The van der Waals surface area contributed by atoms with Crippen molar-refractivity contribution in [3.05, 3.63) is 29.3 Å². The highest BCUT2D eigenvalue weighted by molar-refractivity contribution is 14.1. The van der Waals surface area contributed by atoms with E-state index in [9.17, 15) is 5.11 Å². The largest absolute Gasteiger partial charge is 0.504 e. The summed E-state index contributed by atoms with van der Waals surface area (Å²) in [6.45, 7) is 0. The summed E-state index contributed by atoms with van der Waals surface area (Å²) >= 11 is 1.91. The van der Waals surface area contributed by atoms with Crippen molar-refractivity contribution in [2.45, 2.75) is 0 Å². The maximum absolute atomic E-state index is 9.40. The molecule has 0 amide bonds. The zero-order chi connectivity index (χ0) is 12.1. The van der Waals surface area contributed by atoms with Crippen LogP contribution in [0.3, 0.4) is 0 Å². The van der Waals surface area contributed by atoms with Gasteiger partial charge in [-0.25, -0.2) is 0 Å². The molecule has 0 radical (unpaired) electrons. The van der Waals surface area contributed by atoms with Crippen molar-refractivity contribution in [2.75, 3.05) is 7.11 Å². The second-order valence-electron chi connectivity index (χ2n) is 2.80. The number of ether oxygens (including phenoxy) is 1. The standard InChI is InChI=1S/C11H7IN2O2/c1-16-10-4-7(2-3-9(10)15)11(12)8(5-13)6-14/h2-4,15H,1H3. The third-order valence-electron chi connectivity index (χ3n) is 1.88. The lowest BCUT2D eigenvalue weighted by molar-refractivity contribution is 0.373. The highest BCUT2D eigenvalue weighted by Crippen LogP contribution is 2.33. The van der Waals surface area contributed by atoms with Crippen LogP contribution < -0.4 is 4.74 Å². The van der Waals surface area contributed by atoms with Crippen LogP contribution in [0.1, 0.15) is 5.56 Å². The van der Waals surface area contributed by atoms with Gasteiger partial charge in [0.1, 0.15) is 17.7 Å². The van der Waals surface area contributed by atoms with Gasteiger partial charge in [0.25, 0.3) is 0 Å². The fraction of sp³-hybridized carbons (Fsp3) is 0.0909. The number of hydrogen-bond donors (Lipinski definition) is 1. The molecule has 0 saturated carbocycles. The first kappa shape index (κ1) is 12.3. The first-order chi connectivity index (χ1) is 7.63. The van der Waals surface area contributed by atoms with Crippen molar-refractivity contribution in [1.82, 2.24) is 0 Å². The van der Waals surface area contributed by atoms with Gasteiger partial charge >= 0.3 is 0 Å². The number of hydrogen-bond acceptors (Lipinski definition) is 4. The summed E-state index contributed by atoms with van der Waals surface area (Å²) in [5, 5.41) is 26.8. The molecule has 1 rings (SSSR count). The number of allylic oxidation sites excluding steroid dienone is 1. The molecular formula is C11H7IN2O2. The molecule has 1 N–H and O–H groups in total. The summed E-state index contributed by atoms with van der Waals surface area (Å²) in [5.41, 5.74) is 0.696. The van der Waals surface area contributed by atoms with E-state index in [0.29, 0.717) is 14.9 Å². The number of methoxy groups -OCH3 is 1. The third kappa shape index (κ3) is 2.44. The van der Waals surface area contributed by atoms with Crippen molar-refractivity contribution in [3.8, 4) is 23.6 Å². The molecule has 0 aliphatic rings. The number of rotatable bonds is 2. The number of halogens is 1. The molecule has 0 spiro atoms. The Balaban J connectivity index is 3.32. The van der Waals surface area contributed by atoms with Crippen LogP contribution in [0.15, 0.2) is 23.8 Å². The molecule has 0 heterocycles. The number of benzene rings is 1. The minimum atomic E-state index is 0.0194. The van der Waals surface area contributed by atoms with Crippen LogP contribution in [0.2, 0.25) is 0 Å². The molecule has 0 unspecified atom stereocenters. The molecule has 0 aromatic heterocycles. The molecule has 80 valence electrons. The zero-order valence-corrected chi connectivity index (χ0v) is 10.5. The Kier molecular flexibility index (Phi) is 4.15. The van der Waals surface area contributed by atoms with Crippen molar-refractivity contribution in [3.63, 3.8) is 0 Å². The van der Waals surface area contributed by atoms with Crippen LogP contribution in [0.5, 0.6) is 11.5 Å². The Hall–Kier alpha value is -1.73. The monoisotopic (exact) mass is 326 g/mol. The Morgan fingerprint density at radius 1 is 1.38 bits per heavy atom. The normalized spacial score (nSPS) is 8.75. The molecule has 0 aliphatic carbocycles. The van der Waals surface area contributed by atoms with Gasteiger partial charge in [-0.1, -0.05) is 0 Å². The number of phenolic OH excluding ortho intramolecular Hbond substituents is 1. The van der Waals surface area contributed by atoms with E-state index in [1.165, 1.54) is 13.2 Å². The molecule has 0 aliphatic heterocycles. The van der Waals surface area contributed by atoms with Gasteiger partial charge < -0.3 is 9.84 Å². The van der Waals surface area contributed by atoms with Crippen LogP contribution in [0.25, 0.3) is 3.58 Å². The molecule has 1 aromatic carbocycles. The van der Waals surface area contributed by atoms with Crippen LogP contribution >= 0.6 is 22.6 Å². The molecule has 16 heavy (non-hydrogen) atoms. The highest BCUT2D eigenvalue weighted by Gasteiger charge is 2.09. The molecular weight excluding hydrogens is 319 g/mol.